The summed E-state index contributed by atoms with van der Waals surface area (Å²) in [5, 5.41) is 3.14. The lowest BCUT2D eigenvalue weighted by Gasteiger charge is -2.32. The number of likely N-dealkylation sites (N-methyl/N-ethyl adjacent to an activating group) is 1. The van der Waals surface area contributed by atoms with Crippen LogP contribution in [0.15, 0.2) is 18.2 Å². The number of anilines is 1. The molecule has 0 atom stereocenters. The molecule has 0 spiro atoms. The van der Waals surface area contributed by atoms with Crippen molar-refractivity contribution in [2.45, 2.75) is 0 Å². The number of rotatable bonds is 5. The molecule has 1 aliphatic rings. The van der Waals surface area contributed by atoms with Crippen LogP contribution in [0.2, 0.25) is 0 Å². The zero-order valence-electron chi connectivity index (χ0n) is 12.9. The Bertz CT molecular complexity index is 485. The van der Waals surface area contributed by atoms with Gasteiger partial charge in [-0.3, -0.25) is 4.79 Å². The Morgan fingerprint density at radius 1 is 1.19 bits per heavy atom. The first-order valence-electron chi connectivity index (χ1n) is 7.06. The highest BCUT2D eigenvalue weighted by Crippen LogP contribution is 2.28. The van der Waals surface area contributed by atoms with Crippen molar-refractivity contribution in [2.75, 3.05) is 59.3 Å². The van der Waals surface area contributed by atoms with Crippen LogP contribution in [0.5, 0.6) is 11.5 Å². The fourth-order valence-corrected chi connectivity index (χ4v) is 2.28. The van der Waals surface area contributed by atoms with E-state index in [-0.39, 0.29) is 12.5 Å². The molecule has 1 aliphatic heterocycles. The minimum Gasteiger partial charge on any atom is -0.497 e. The summed E-state index contributed by atoms with van der Waals surface area (Å²) < 4.78 is 10.5. The number of carbonyl (C=O) groups excluding carboxylic acids is 1. The minimum atomic E-state index is 0.112. The van der Waals surface area contributed by atoms with Gasteiger partial charge in [-0.15, -0.1) is 0 Å². The maximum absolute atomic E-state index is 12.2. The van der Waals surface area contributed by atoms with Gasteiger partial charge in [0.2, 0.25) is 5.91 Å². The fourth-order valence-electron chi connectivity index (χ4n) is 2.28. The van der Waals surface area contributed by atoms with E-state index in [0.717, 1.165) is 37.6 Å². The number of nitrogens with zero attached hydrogens (tertiary/aromatic N) is 2. The highest BCUT2D eigenvalue weighted by Gasteiger charge is 2.18. The summed E-state index contributed by atoms with van der Waals surface area (Å²) in [5.41, 5.74) is 0.792. The SMILES string of the molecule is COc1ccc(NCC(=O)N2CCN(C)CC2)c(OC)c1. The molecule has 1 saturated heterocycles. The number of benzene rings is 1. The highest BCUT2D eigenvalue weighted by atomic mass is 16.5. The molecule has 1 fully saturated rings. The maximum atomic E-state index is 12.2. The van der Waals surface area contributed by atoms with E-state index in [1.54, 1.807) is 20.3 Å². The number of amides is 1. The molecule has 1 N–H and O–H groups in total. The standard InChI is InChI=1S/C15H23N3O3/c1-17-6-8-18(9-7-17)15(19)11-16-13-5-4-12(20-2)10-14(13)21-3/h4-5,10,16H,6-9,11H2,1-3H3. The summed E-state index contributed by atoms with van der Waals surface area (Å²) in [5.74, 6) is 1.50. The quantitative estimate of drug-likeness (QED) is 0.874. The molecule has 0 radical (unpaired) electrons. The monoisotopic (exact) mass is 293 g/mol. The molecule has 0 bridgehead atoms. The first-order valence-corrected chi connectivity index (χ1v) is 7.06. The molecule has 1 aromatic rings. The Labute approximate surface area is 125 Å². The molecule has 0 aromatic heterocycles. The van der Waals surface area contributed by atoms with Crippen LogP contribution in [-0.4, -0.2) is 69.7 Å². The molecular weight excluding hydrogens is 270 g/mol. The van der Waals surface area contributed by atoms with Crippen molar-refractivity contribution in [1.29, 1.82) is 0 Å². The van der Waals surface area contributed by atoms with Gasteiger partial charge in [-0.25, -0.2) is 0 Å². The predicted molar refractivity (Wildman–Crippen MR) is 82.1 cm³/mol. The summed E-state index contributed by atoms with van der Waals surface area (Å²) >= 11 is 0. The number of hydrogen-bond acceptors (Lipinski definition) is 5. The number of carbonyl (C=O) groups is 1. The summed E-state index contributed by atoms with van der Waals surface area (Å²) in [7, 11) is 5.28. The first kappa shape index (κ1) is 15.4. The summed E-state index contributed by atoms with van der Waals surface area (Å²) in [6.45, 7) is 3.70. The summed E-state index contributed by atoms with van der Waals surface area (Å²) in [4.78, 5) is 16.3. The van der Waals surface area contributed by atoms with Crippen LogP contribution in [-0.2, 0) is 4.79 Å². The van der Waals surface area contributed by atoms with Crippen molar-refractivity contribution in [3.63, 3.8) is 0 Å². The van der Waals surface area contributed by atoms with Crippen LogP contribution in [0.25, 0.3) is 0 Å². The lowest BCUT2D eigenvalue weighted by molar-refractivity contribution is -0.130. The van der Waals surface area contributed by atoms with E-state index in [2.05, 4.69) is 17.3 Å². The van der Waals surface area contributed by atoms with E-state index in [9.17, 15) is 4.79 Å². The zero-order chi connectivity index (χ0) is 15.2. The van der Waals surface area contributed by atoms with Gasteiger partial charge in [-0.1, -0.05) is 0 Å². The maximum Gasteiger partial charge on any atom is 0.241 e. The van der Waals surface area contributed by atoms with Gasteiger partial charge in [0.15, 0.2) is 0 Å². The highest BCUT2D eigenvalue weighted by molar-refractivity contribution is 5.81. The minimum absolute atomic E-state index is 0.112. The van der Waals surface area contributed by atoms with Crippen LogP contribution in [0.4, 0.5) is 5.69 Å². The molecule has 6 nitrogen and oxygen atoms in total. The van der Waals surface area contributed by atoms with Crippen LogP contribution in [0, 0.1) is 0 Å². The zero-order valence-corrected chi connectivity index (χ0v) is 12.9. The van der Waals surface area contributed by atoms with Crippen molar-refractivity contribution in [2.24, 2.45) is 0 Å². The van der Waals surface area contributed by atoms with Crippen molar-refractivity contribution in [3.8, 4) is 11.5 Å². The predicted octanol–water partition coefficient (Wildman–Crippen LogP) is 0.890. The third kappa shape index (κ3) is 4.01. The molecular formula is C15H23N3O3. The fraction of sp³-hybridized carbons (Fsp3) is 0.533. The average Bonchev–Trinajstić information content (AvgIpc) is 2.53. The third-order valence-electron chi connectivity index (χ3n) is 3.69. The van der Waals surface area contributed by atoms with Crippen LogP contribution >= 0.6 is 0 Å². The molecule has 21 heavy (non-hydrogen) atoms. The van der Waals surface area contributed by atoms with Gasteiger partial charge in [0, 0.05) is 32.2 Å². The molecule has 0 unspecified atom stereocenters. The van der Waals surface area contributed by atoms with Crippen molar-refractivity contribution in [3.05, 3.63) is 18.2 Å². The van der Waals surface area contributed by atoms with Gasteiger partial charge >= 0.3 is 0 Å². The van der Waals surface area contributed by atoms with Gasteiger partial charge in [0.05, 0.1) is 26.5 Å². The lowest BCUT2D eigenvalue weighted by Crippen LogP contribution is -2.48. The van der Waals surface area contributed by atoms with E-state index in [4.69, 9.17) is 9.47 Å². The second kappa shape index (κ2) is 7.17. The number of hydrogen-bond donors (Lipinski definition) is 1. The third-order valence-corrected chi connectivity index (χ3v) is 3.69. The molecule has 116 valence electrons. The number of ether oxygens (including phenoxy) is 2. The van der Waals surface area contributed by atoms with Crippen molar-refractivity contribution in [1.82, 2.24) is 9.80 Å². The van der Waals surface area contributed by atoms with E-state index in [1.165, 1.54) is 0 Å². The van der Waals surface area contributed by atoms with Crippen LogP contribution in [0.1, 0.15) is 0 Å². The van der Waals surface area contributed by atoms with E-state index >= 15 is 0 Å². The second-order valence-electron chi connectivity index (χ2n) is 5.10. The second-order valence-corrected chi connectivity index (χ2v) is 5.10. The van der Waals surface area contributed by atoms with Crippen molar-refractivity contribution >= 4 is 11.6 Å². The molecule has 2 rings (SSSR count). The van der Waals surface area contributed by atoms with Gasteiger partial charge < -0.3 is 24.6 Å². The van der Waals surface area contributed by atoms with Crippen LogP contribution in [0.3, 0.4) is 0 Å². The lowest BCUT2D eigenvalue weighted by atomic mass is 10.2. The van der Waals surface area contributed by atoms with Gasteiger partial charge in [0.1, 0.15) is 11.5 Å². The molecule has 0 saturated carbocycles. The molecule has 6 heteroatoms. The summed E-state index contributed by atoms with van der Waals surface area (Å²) in [6, 6.07) is 5.49. The molecule has 1 aromatic carbocycles. The Morgan fingerprint density at radius 3 is 2.52 bits per heavy atom. The number of piperazine rings is 1. The average molecular weight is 293 g/mol. The smallest absolute Gasteiger partial charge is 0.241 e. The van der Waals surface area contributed by atoms with E-state index in [1.807, 2.05) is 17.0 Å². The Balaban J connectivity index is 1.91. The molecule has 1 amide bonds. The van der Waals surface area contributed by atoms with Gasteiger partial charge in [-0.2, -0.15) is 0 Å². The molecule has 0 aliphatic carbocycles. The van der Waals surface area contributed by atoms with E-state index < -0.39 is 0 Å². The van der Waals surface area contributed by atoms with Crippen molar-refractivity contribution < 1.29 is 14.3 Å². The van der Waals surface area contributed by atoms with Crippen LogP contribution < -0.4 is 14.8 Å². The molecule has 1 heterocycles. The van der Waals surface area contributed by atoms with Gasteiger partial charge in [-0.05, 0) is 19.2 Å². The largest absolute Gasteiger partial charge is 0.497 e. The topological polar surface area (TPSA) is 54.0 Å². The summed E-state index contributed by atoms with van der Waals surface area (Å²) in [6.07, 6.45) is 0. The Morgan fingerprint density at radius 2 is 1.90 bits per heavy atom. The number of methoxy groups -OCH3 is 2. The number of nitrogens with one attached hydrogen (secondary N) is 1. The van der Waals surface area contributed by atoms with Gasteiger partial charge in [0.25, 0.3) is 0 Å². The van der Waals surface area contributed by atoms with E-state index in [0.29, 0.717) is 5.75 Å². The first-order chi connectivity index (χ1) is 10.1. The Hall–Kier alpha value is -1.95. The Kier molecular flexibility index (Phi) is 5.27. The normalized spacial score (nSPS) is 15.7.